The third-order valence-corrected chi connectivity index (χ3v) is 6.02. The van der Waals surface area contributed by atoms with Crippen LogP contribution in [0.5, 0.6) is 0 Å². The summed E-state index contributed by atoms with van der Waals surface area (Å²) in [5.41, 5.74) is 2.21. The van der Waals surface area contributed by atoms with Gasteiger partial charge in [-0.05, 0) is 44.4 Å². The fraction of sp³-hybridized carbons (Fsp3) is 0.571. The van der Waals surface area contributed by atoms with Crippen molar-refractivity contribution in [2.24, 2.45) is 16.1 Å². The molecule has 6 heteroatoms. The normalized spacial score (nSPS) is 15.4. The van der Waals surface area contributed by atoms with Crippen molar-refractivity contribution < 1.29 is 4.79 Å². The summed E-state index contributed by atoms with van der Waals surface area (Å²) >= 11 is 1.58. The number of anilines is 1. The summed E-state index contributed by atoms with van der Waals surface area (Å²) in [6.07, 6.45) is 6.51. The van der Waals surface area contributed by atoms with Crippen LogP contribution in [-0.2, 0) is 11.2 Å². The lowest BCUT2D eigenvalue weighted by Gasteiger charge is -2.22. The highest BCUT2D eigenvalue weighted by molar-refractivity contribution is 8.13. The smallest absolute Gasteiger partial charge is 0.225 e. The second-order valence-corrected chi connectivity index (χ2v) is 7.82. The third-order valence-electron chi connectivity index (χ3n) is 5.02. The molecule has 1 N–H and O–H groups in total. The van der Waals surface area contributed by atoms with Crippen LogP contribution < -0.4 is 10.2 Å². The van der Waals surface area contributed by atoms with Crippen LogP contribution in [-0.4, -0.2) is 36.6 Å². The van der Waals surface area contributed by atoms with Crippen molar-refractivity contribution in [3.63, 3.8) is 0 Å². The zero-order valence-corrected chi connectivity index (χ0v) is 17.4. The van der Waals surface area contributed by atoms with Crippen LogP contribution in [0, 0.1) is 5.92 Å². The van der Waals surface area contributed by atoms with Gasteiger partial charge in [-0.1, -0.05) is 43.2 Å². The number of benzene rings is 1. The zero-order chi connectivity index (χ0) is 19.5. The maximum atomic E-state index is 12.3. The van der Waals surface area contributed by atoms with Gasteiger partial charge >= 0.3 is 0 Å². The number of rotatable bonds is 9. The lowest BCUT2D eigenvalue weighted by atomic mass is 9.90. The maximum absolute atomic E-state index is 12.3. The highest BCUT2D eigenvalue weighted by Crippen LogP contribution is 2.29. The highest BCUT2D eigenvalue weighted by atomic mass is 32.2. The molecule has 1 saturated carbocycles. The van der Waals surface area contributed by atoms with E-state index in [0.717, 1.165) is 36.5 Å². The highest BCUT2D eigenvalue weighted by Gasteiger charge is 2.20. The molecule has 1 fully saturated rings. The third kappa shape index (κ3) is 7.01. The maximum Gasteiger partial charge on any atom is 0.225 e. The molecule has 1 amide bonds. The fourth-order valence-electron chi connectivity index (χ4n) is 3.54. The van der Waals surface area contributed by atoms with Crippen molar-refractivity contribution in [2.75, 3.05) is 23.9 Å². The van der Waals surface area contributed by atoms with E-state index in [9.17, 15) is 4.79 Å². The van der Waals surface area contributed by atoms with Crippen molar-refractivity contribution in [1.29, 1.82) is 0 Å². The molecule has 1 aliphatic rings. The van der Waals surface area contributed by atoms with Crippen LogP contribution in [0.2, 0.25) is 0 Å². The topological polar surface area (TPSA) is 57.1 Å². The summed E-state index contributed by atoms with van der Waals surface area (Å²) in [6, 6.07) is 8.24. The SMILES string of the molecule is C=N/N=C(\SCNC(=O)Cc1cccc(N(CC)CC)c1)C1CCCCC1. The van der Waals surface area contributed by atoms with Gasteiger partial charge in [-0.25, -0.2) is 0 Å². The molecule has 0 aliphatic heterocycles. The molecule has 0 atom stereocenters. The van der Waals surface area contributed by atoms with E-state index < -0.39 is 0 Å². The Balaban J connectivity index is 1.84. The van der Waals surface area contributed by atoms with Gasteiger partial charge in [-0.2, -0.15) is 5.10 Å². The van der Waals surface area contributed by atoms with Gasteiger partial charge in [0.1, 0.15) is 5.04 Å². The molecule has 0 aromatic heterocycles. The van der Waals surface area contributed by atoms with Crippen molar-refractivity contribution in [2.45, 2.75) is 52.4 Å². The Morgan fingerprint density at radius 3 is 2.67 bits per heavy atom. The minimum Gasteiger partial charge on any atom is -0.372 e. The van der Waals surface area contributed by atoms with Crippen molar-refractivity contribution in [1.82, 2.24) is 5.32 Å². The Morgan fingerprint density at radius 2 is 2.00 bits per heavy atom. The fourth-order valence-corrected chi connectivity index (χ4v) is 4.51. The van der Waals surface area contributed by atoms with Crippen LogP contribution in [0.15, 0.2) is 34.5 Å². The van der Waals surface area contributed by atoms with Crippen molar-refractivity contribution in [3.05, 3.63) is 29.8 Å². The Morgan fingerprint density at radius 1 is 1.26 bits per heavy atom. The average Bonchev–Trinajstić information content (AvgIpc) is 2.69. The molecule has 0 bridgehead atoms. The predicted molar refractivity (Wildman–Crippen MR) is 118 cm³/mol. The molecule has 0 spiro atoms. The lowest BCUT2D eigenvalue weighted by molar-refractivity contribution is -0.120. The van der Waals surface area contributed by atoms with Crippen LogP contribution in [0.4, 0.5) is 5.69 Å². The Kier molecular flexibility index (Phi) is 9.39. The number of carbonyl (C=O) groups excluding carboxylic acids is 1. The molecular formula is C21H32N4OS. The van der Waals surface area contributed by atoms with Gasteiger partial charge < -0.3 is 10.2 Å². The van der Waals surface area contributed by atoms with E-state index in [2.05, 4.69) is 53.1 Å². The molecule has 0 radical (unpaired) electrons. The first-order valence-corrected chi connectivity index (χ1v) is 10.9. The molecule has 27 heavy (non-hydrogen) atoms. The minimum absolute atomic E-state index is 0.0359. The van der Waals surface area contributed by atoms with Crippen molar-refractivity contribution in [3.8, 4) is 0 Å². The quantitative estimate of drug-likeness (QED) is 0.294. The number of nitrogens with one attached hydrogen (secondary N) is 1. The minimum atomic E-state index is 0.0359. The first-order valence-electron chi connectivity index (χ1n) is 9.94. The summed E-state index contributed by atoms with van der Waals surface area (Å²) in [5, 5.41) is 11.9. The number of hydrogen-bond acceptors (Lipinski definition) is 5. The first kappa shape index (κ1) is 21.5. The number of amides is 1. The van der Waals surface area contributed by atoms with Gasteiger partial charge in [-0.3, -0.25) is 4.79 Å². The Bertz CT molecular complexity index is 637. The van der Waals surface area contributed by atoms with E-state index in [1.54, 1.807) is 11.8 Å². The summed E-state index contributed by atoms with van der Waals surface area (Å²) in [4.78, 5) is 14.6. The molecule has 0 heterocycles. The van der Waals surface area contributed by atoms with Crippen LogP contribution in [0.3, 0.4) is 0 Å². The Labute approximate surface area is 167 Å². The molecule has 148 valence electrons. The number of hydrogen-bond donors (Lipinski definition) is 1. The summed E-state index contributed by atoms with van der Waals surface area (Å²) < 4.78 is 0. The largest absolute Gasteiger partial charge is 0.372 e. The van der Waals surface area contributed by atoms with Gasteiger partial charge in [0.2, 0.25) is 5.91 Å². The molecule has 1 aromatic carbocycles. The molecule has 0 saturated heterocycles. The molecular weight excluding hydrogens is 356 g/mol. The molecule has 2 rings (SSSR count). The van der Waals surface area contributed by atoms with E-state index in [4.69, 9.17) is 0 Å². The number of nitrogens with zero attached hydrogens (tertiary/aromatic N) is 3. The molecule has 1 aromatic rings. The Hall–Kier alpha value is -1.82. The van der Waals surface area contributed by atoms with Gasteiger partial charge in [0.15, 0.2) is 0 Å². The molecule has 5 nitrogen and oxygen atoms in total. The van der Waals surface area contributed by atoms with E-state index in [0.29, 0.717) is 18.2 Å². The molecule has 0 unspecified atom stereocenters. The van der Waals surface area contributed by atoms with Gasteiger partial charge in [0, 0.05) is 31.4 Å². The van der Waals surface area contributed by atoms with Crippen LogP contribution in [0.25, 0.3) is 0 Å². The first-order chi connectivity index (χ1) is 13.2. The summed E-state index contributed by atoms with van der Waals surface area (Å²) in [7, 11) is 0. The number of carbonyl (C=O) groups is 1. The van der Waals surface area contributed by atoms with Crippen molar-refractivity contribution >= 4 is 35.1 Å². The lowest BCUT2D eigenvalue weighted by Crippen LogP contribution is -2.27. The van der Waals surface area contributed by atoms with Crippen LogP contribution >= 0.6 is 11.8 Å². The van der Waals surface area contributed by atoms with E-state index in [-0.39, 0.29) is 5.91 Å². The summed E-state index contributed by atoms with van der Waals surface area (Å²) in [6.45, 7) is 9.70. The average molecular weight is 389 g/mol. The predicted octanol–water partition coefficient (Wildman–Crippen LogP) is 4.48. The molecule has 1 aliphatic carbocycles. The van der Waals surface area contributed by atoms with Gasteiger partial charge in [-0.15, -0.1) is 5.10 Å². The van der Waals surface area contributed by atoms with Gasteiger partial charge in [0.05, 0.1) is 12.3 Å². The van der Waals surface area contributed by atoms with E-state index >= 15 is 0 Å². The van der Waals surface area contributed by atoms with Gasteiger partial charge in [0.25, 0.3) is 0 Å². The standard InChI is InChI=1S/C21H32N4OS/c1-4-25(5-2)19-13-9-10-17(14-19)15-20(26)23-16-27-21(24-22-3)18-11-7-6-8-12-18/h9-10,13-14,18H,3-8,11-12,15-16H2,1-2H3,(H,23,26)/b24-21-. The van der Waals surface area contributed by atoms with E-state index in [1.165, 1.54) is 24.9 Å². The second kappa shape index (κ2) is 11.8. The summed E-state index contributed by atoms with van der Waals surface area (Å²) in [5.74, 6) is 1.03. The number of thioether (sulfide) groups is 1. The van der Waals surface area contributed by atoms with Crippen LogP contribution in [0.1, 0.15) is 51.5 Å². The monoisotopic (exact) mass is 388 g/mol. The zero-order valence-electron chi connectivity index (χ0n) is 16.6. The van der Waals surface area contributed by atoms with E-state index in [1.807, 2.05) is 12.1 Å². The second-order valence-electron chi connectivity index (χ2n) is 6.82.